The zero-order chi connectivity index (χ0) is 14.7. The molecule has 1 N–H and O–H groups in total. The highest BCUT2D eigenvalue weighted by atomic mass is 19.1. The van der Waals surface area contributed by atoms with Crippen LogP contribution in [0.2, 0.25) is 0 Å². The molecule has 21 heavy (non-hydrogen) atoms. The molecule has 3 atom stereocenters. The summed E-state index contributed by atoms with van der Waals surface area (Å²) in [5.41, 5.74) is 0.779. The van der Waals surface area contributed by atoms with E-state index in [1.807, 2.05) is 12.1 Å². The number of hydrogen-bond acceptors (Lipinski definition) is 3. The number of ether oxygens (including phenoxy) is 1. The number of fused-ring (bicyclic) bond motifs is 1. The van der Waals surface area contributed by atoms with Crippen molar-refractivity contribution in [1.82, 2.24) is 10.2 Å². The van der Waals surface area contributed by atoms with Crippen LogP contribution in [0.3, 0.4) is 0 Å². The molecule has 0 radical (unpaired) electrons. The average molecular weight is 292 g/mol. The zero-order valence-electron chi connectivity index (χ0n) is 12.7. The lowest BCUT2D eigenvalue weighted by Gasteiger charge is -2.35. The van der Waals surface area contributed by atoms with Crippen molar-refractivity contribution in [3.05, 3.63) is 35.6 Å². The summed E-state index contributed by atoms with van der Waals surface area (Å²) in [5, 5.41) is 3.49. The van der Waals surface area contributed by atoms with Gasteiger partial charge < -0.3 is 10.1 Å². The van der Waals surface area contributed by atoms with Crippen LogP contribution >= 0.6 is 0 Å². The monoisotopic (exact) mass is 292 g/mol. The Morgan fingerprint density at radius 3 is 3.14 bits per heavy atom. The third-order valence-electron chi connectivity index (χ3n) is 4.64. The molecule has 0 aliphatic carbocycles. The van der Waals surface area contributed by atoms with Gasteiger partial charge in [0.05, 0.1) is 12.7 Å². The molecule has 2 aliphatic heterocycles. The molecule has 1 aromatic rings. The molecule has 1 aromatic carbocycles. The molecular weight excluding hydrogens is 267 g/mol. The molecule has 116 valence electrons. The number of nitrogens with one attached hydrogen (secondary N) is 1. The van der Waals surface area contributed by atoms with E-state index in [1.54, 1.807) is 6.07 Å². The third-order valence-corrected chi connectivity index (χ3v) is 4.64. The standard InChI is InChI=1S/C17H25FN2O/c1-13(9-14-5-2-3-7-17(14)18)19-10-16-11-20-8-4-6-15(20)12-21-16/h2-3,5,7,13,15-16,19H,4,6,8-12H2,1H3. The van der Waals surface area contributed by atoms with Crippen LogP contribution in [-0.4, -0.2) is 49.3 Å². The van der Waals surface area contributed by atoms with E-state index >= 15 is 0 Å². The van der Waals surface area contributed by atoms with Gasteiger partial charge >= 0.3 is 0 Å². The number of hydrogen-bond donors (Lipinski definition) is 1. The Morgan fingerprint density at radius 2 is 2.29 bits per heavy atom. The molecule has 0 saturated carbocycles. The molecule has 0 amide bonds. The molecule has 0 aromatic heterocycles. The number of nitrogens with zero attached hydrogens (tertiary/aromatic N) is 1. The first kappa shape index (κ1) is 14.9. The van der Waals surface area contributed by atoms with E-state index in [2.05, 4.69) is 17.1 Å². The molecule has 3 unspecified atom stereocenters. The van der Waals surface area contributed by atoms with Gasteiger partial charge in [0.25, 0.3) is 0 Å². The Kier molecular flexibility index (Phi) is 4.88. The second-order valence-electron chi connectivity index (χ2n) is 6.35. The molecule has 0 spiro atoms. The summed E-state index contributed by atoms with van der Waals surface area (Å²) in [5.74, 6) is -0.111. The Bertz CT molecular complexity index is 468. The van der Waals surface area contributed by atoms with E-state index < -0.39 is 0 Å². The molecule has 0 bridgehead atoms. The van der Waals surface area contributed by atoms with Crippen LogP contribution in [0.15, 0.2) is 24.3 Å². The normalized spacial score (nSPS) is 27.5. The number of halogens is 1. The Morgan fingerprint density at radius 1 is 1.43 bits per heavy atom. The van der Waals surface area contributed by atoms with Crippen LogP contribution < -0.4 is 5.32 Å². The highest BCUT2D eigenvalue weighted by Gasteiger charge is 2.32. The highest BCUT2D eigenvalue weighted by molar-refractivity contribution is 5.18. The number of benzene rings is 1. The summed E-state index contributed by atoms with van der Waals surface area (Å²) < 4.78 is 19.6. The smallest absolute Gasteiger partial charge is 0.126 e. The van der Waals surface area contributed by atoms with Crippen LogP contribution in [0.4, 0.5) is 4.39 Å². The van der Waals surface area contributed by atoms with E-state index in [0.717, 1.165) is 25.3 Å². The fourth-order valence-electron chi connectivity index (χ4n) is 3.41. The van der Waals surface area contributed by atoms with Crippen molar-refractivity contribution < 1.29 is 9.13 Å². The van der Waals surface area contributed by atoms with Crippen molar-refractivity contribution in [1.29, 1.82) is 0 Å². The first-order valence-corrected chi connectivity index (χ1v) is 8.05. The summed E-state index contributed by atoms with van der Waals surface area (Å²) in [6.45, 7) is 6.07. The number of rotatable bonds is 5. The predicted octanol–water partition coefficient (Wildman–Crippen LogP) is 2.21. The minimum atomic E-state index is -0.111. The summed E-state index contributed by atoms with van der Waals surface area (Å²) >= 11 is 0. The van der Waals surface area contributed by atoms with Gasteiger partial charge in [0.15, 0.2) is 0 Å². The van der Waals surface area contributed by atoms with Crippen molar-refractivity contribution in [2.45, 2.75) is 44.4 Å². The quantitative estimate of drug-likeness (QED) is 0.900. The van der Waals surface area contributed by atoms with E-state index in [0.29, 0.717) is 12.5 Å². The summed E-state index contributed by atoms with van der Waals surface area (Å²) in [7, 11) is 0. The molecule has 2 saturated heterocycles. The van der Waals surface area contributed by atoms with Crippen LogP contribution in [0.25, 0.3) is 0 Å². The van der Waals surface area contributed by atoms with Crippen LogP contribution in [0.1, 0.15) is 25.3 Å². The first-order chi connectivity index (χ1) is 10.2. The largest absolute Gasteiger partial charge is 0.374 e. The van der Waals surface area contributed by atoms with Gasteiger partial charge in [-0.05, 0) is 44.4 Å². The van der Waals surface area contributed by atoms with Crippen molar-refractivity contribution in [2.75, 3.05) is 26.2 Å². The van der Waals surface area contributed by atoms with Crippen molar-refractivity contribution in [2.24, 2.45) is 0 Å². The minimum Gasteiger partial charge on any atom is -0.374 e. The van der Waals surface area contributed by atoms with Gasteiger partial charge in [0.2, 0.25) is 0 Å². The van der Waals surface area contributed by atoms with Gasteiger partial charge in [-0.2, -0.15) is 0 Å². The number of morpholine rings is 1. The second-order valence-corrected chi connectivity index (χ2v) is 6.35. The Hall–Kier alpha value is -0.970. The van der Waals surface area contributed by atoms with Gasteiger partial charge in [-0.1, -0.05) is 18.2 Å². The van der Waals surface area contributed by atoms with Crippen molar-refractivity contribution in [3.8, 4) is 0 Å². The van der Waals surface area contributed by atoms with E-state index in [4.69, 9.17) is 4.74 Å². The lowest BCUT2D eigenvalue weighted by Crippen LogP contribution is -2.50. The Balaban J connectivity index is 1.43. The third kappa shape index (κ3) is 3.82. The molecule has 3 rings (SSSR count). The Labute approximate surface area is 126 Å². The van der Waals surface area contributed by atoms with E-state index in [1.165, 1.54) is 25.5 Å². The minimum absolute atomic E-state index is 0.111. The topological polar surface area (TPSA) is 24.5 Å². The first-order valence-electron chi connectivity index (χ1n) is 8.05. The van der Waals surface area contributed by atoms with Crippen molar-refractivity contribution in [3.63, 3.8) is 0 Å². The maximum atomic E-state index is 13.6. The average Bonchev–Trinajstić information content (AvgIpc) is 2.95. The lowest BCUT2D eigenvalue weighted by atomic mass is 10.1. The maximum absolute atomic E-state index is 13.6. The van der Waals surface area contributed by atoms with Gasteiger partial charge in [-0.15, -0.1) is 0 Å². The fourth-order valence-corrected chi connectivity index (χ4v) is 3.41. The van der Waals surface area contributed by atoms with Crippen molar-refractivity contribution >= 4 is 0 Å². The molecule has 4 heteroatoms. The SMILES string of the molecule is CC(Cc1ccccc1F)NCC1CN2CCCC2CO1. The zero-order valence-corrected chi connectivity index (χ0v) is 12.7. The maximum Gasteiger partial charge on any atom is 0.126 e. The molecule has 3 nitrogen and oxygen atoms in total. The summed E-state index contributed by atoms with van der Waals surface area (Å²) in [4.78, 5) is 2.55. The van der Waals surface area contributed by atoms with Crippen LogP contribution in [-0.2, 0) is 11.2 Å². The van der Waals surface area contributed by atoms with E-state index in [9.17, 15) is 4.39 Å². The molecule has 2 heterocycles. The molecular formula is C17H25FN2O. The summed E-state index contributed by atoms with van der Waals surface area (Å²) in [6.07, 6.45) is 3.57. The second kappa shape index (κ2) is 6.86. The van der Waals surface area contributed by atoms with E-state index in [-0.39, 0.29) is 18.0 Å². The highest BCUT2D eigenvalue weighted by Crippen LogP contribution is 2.22. The predicted molar refractivity (Wildman–Crippen MR) is 81.9 cm³/mol. The molecule has 2 fully saturated rings. The lowest BCUT2D eigenvalue weighted by molar-refractivity contribution is -0.0476. The van der Waals surface area contributed by atoms with Gasteiger partial charge in [0, 0.05) is 25.2 Å². The van der Waals surface area contributed by atoms with Crippen LogP contribution in [0.5, 0.6) is 0 Å². The van der Waals surface area contributed by atoms with Gasteiger partial charge in [-0.25, -0.2) is 4.39 Å². The molecule has 2 aliphatic rings. The fraction of sp³-hybridized carbons (Fsp3) is 0.647. The van der Waals surface area contributed by atoms with Crippen LogP contribution in [0, 0.1) is 5.82 Å². The van der Waals surface area contributed by atoms with Gasteiger partial charge in [0.1, 0.15) is 5.82 Å². The van der Waals surface area contributed by atoms with Gasteiger partial charge in [-0.3, -0.25) is 4.90 Å². The summed E-state index contributed by atoms with van der Waals surface area (Å²) in [6, 6.07) is 7.92.